The van der Waals surface area contributed by atoms with Crippen LogP contribution in [0.25, 0.3) is 10.9 Å². The lowest BCUT2D eigenvalue weighted by Crippen LogP contribution is -2.38. The van der Waals surface area contributed by atoms with Crippen LogP contribution >= 0.6 is 0 Å². The second-order valence-corrected chi connectivity index (χ2v) is 7.95. The Labute approximate surface area is 189 Å². The van der Waals surface area contributed by atoms with Gasteiger partial charge in [0.05, 0.1) is 19.8 Å². The number of ether oxygens (including phenoxy) is 2. The highest BCUT2D eigenvalue weighted by atomic mass is 16.5. The average molecular weight is 437 g/mol. The van der Waals surface area contributed by atoms with Crippen molar-refractivity contribution in [3.05, 3.63) is 65.9 Å². The van der Waals surface area contributed by atoms with Crippen molar-refractivity contribution in [3.8, 4) is 0 Å². The average Bonchev–Trinajstić information content (AvgIpc) is 3.23. The second kappa shape index (κ2) is 11.1. The molecule has 2 aromatic carbocycles. The summed E-state index contributed by atoms with van der Waals surface area (Å²) in [5.74, 6) is 0. The molecule has 0 unspecified atom stereocenters. The zero-order valence-electron chi connectivity index (χ0n) is 18.7. The monoisotopic (exact) mass is 436 g/mol. The maximum atomic E-state index is 12.5. The molecule has 1 saturated heterocycles. The molecular weight excluding hydrogens is 404 g/mol. The van der Waals surface area contributed by atoms with Crippen molar-refractivity contribution in [1.82, 2.24) is 14.8 Å². The lowest BCUT2D eigenvalue weighted by atomic mass is 10.1. The van der Waals surface area contributed by atoms with E-state index < -0.39 is 0 Å². The van der Waals surface area contributed by atoms with Crippen LogP contribution in [0.3, 0.4) is 0 Å². The molecule has 170 valence electrons. The molecule has 32 heavy (non-hydrogen) atoms. The molecule has 0 atom stereocenters. The third-order valence-electron chi connectivity index (χ3n) is 5.81. The number of amides is 2. The minimum absolute atomic E-state index is 0.220. The molecule has 0 radical (unpaired) electrons. The molecule has 7 nitrogen and oxygen atoms in total. The molecule has 2 amide bonds. The lowest BCUT2D eigenvalue weighted by Gasteiger charge is -2.26. The summed E-state index contributed by atoms with van der Waals surface area (Å²) in [6.07, 6.45) is 2.12. The fourth-order valence-electron chi connectivity index (χ4n) is 3.98. The van der Waals surface area contributed by atoms with E-state index in [2.05, 4.69) is 38.4 Å². The highest BCUT2D eigenvalue weighted by Gasteiger charge is 2.11. The topological polar surface area (TPSA) is 67.8 Å². The Morgan fingerprint density at radius 3 is 2.69 bits per heavy atom. The van der Waals surface area contributed by atoms with E-state index in [9.17, 15) is 4.79 Å². The summed E-state index contributed by atoms with van der Waals surface area (Å²) in [6, 6.07) is 15.9. The number of nitrogens with zero attached hydrogens (tertiary/aromatic N) is 2. The first-order valence-electron chi connectivity index (χ1n) is 11.3. The van der Waals surface area contributed by atoms with Gasteiger partial charge >= 0.3 is 6.03 Å². The number of carbonyl (C=O) groups excluding carboxylic acids is 1. The van der Waals surface area contributed by atoms with Crippen molar-refractivity contribution in [2.75, 3.05) is 44.8 Å². The number of morpholine rings is 1. The molecule has 2 N–H and O–H groups in total. The summed E-state index contributed by atoms with van der Waals surface area (Å²) >= 11 is 0. The molecule has 0 bridgehead atoms. The summed E-state index contributed by atoms with van der Waals surface area (Å²) in [4.78, 5) is 14.9. The van der Waals surface area contributed by atoms with Gasteiger partial charge in [0, 0.05) is 62.1 Å². The summed E-state index contributed by atoms with van der Waals surface area (Å²) in [5, 5.41) is 7.01. The number of hydrogen-bond donors (Lipinski definition) is 2. The van der Waals surface area contributed by atoms with Gasteiger partial charge in [-0.05, 0) is 42.3 Å². The largest absolute Gasteiger partial charge is 0.379 e. The maximum Gasteiger partial charge on any atom is 0.319 e. The number of carbonyl (C=O) groups is 1. The zero-order valence-corrected chi connectivity index (χ0v) is 18.7. The first-order chi connectivity index (χ1) is 15.7. The second-order valence-electron chi connectivity index (χ2n) is 7.95. The van der Waals surface area contributed by atoms with Gasteiger partial charge in [0.2, 0.25) is 0 Å². The molecule has 1 aliphatic rings. The van der Waals surface area contributed by atoms with Crippen LogP contribution in [-0.4, -0.2) is 55.0 Å². The first-order valence-corrected chi connectivity index (χ1v) is 11.3. The number of hydrogen-bond acceptors (Lipinski definition) is 4. The van der Waals surface area contributed by atoms with Gasteiger partial charge in [-0.3, -0.25) is 4.90 Å². The van der Waals surface area contributed by atoms with Crippen LogP contribution in [0.1, 0.15) is 18.1 Å². The maximum absolute atomic E-state index is 12.5. The Morgan fingerprint density at radius 1 is 1.06 bits per heavy atom. The Kier molecular flexibility index (Phi) is 7.77. The van der Waals surface area contributed by atoms with Crippen LogP contribution in [0.5, 0.6) is 0 Å². The number of nitrogens with one attached hydrogen (secondary N) is 2. The van der Waals surface area contributed by atoms with Gasteiger partial charge in [0.1, 0.15) is 0 Å². The van der Waals surface area contributed by atoms with Crippen LogP contribution in [0, 0.1) is 0 Å². The summed E-state index contributed by atoms with van der Waals surface area (Å²) < 4.78 is 13.2. The van der Waals surface area contributed by atoms with Crippen molar-refractivity contribution in [3.63, 3.8) is 0 Å². The Bertz CT molecular complexity index is 1030. The fourth-order valence-corrected chi connectivity index (χ4v) is 3.98. The Hall–Kier alpha value is -2.87. The smallest absolute Gasteiger partial charge is 0.319 e. The lowest BCUT2D eigenvalue weighted by molar-refractivity contribution is 0.0365. The highest BCUT2D eigenvalue weighted by Crippen LogP contribution is 2.21. The quantitative estimate of drug-likeness (QED) is 0.535. The number of anilines is 1. The first kappa shape index (κ1) is 22.3. The standard InChI is InChI=1S/C25H32N4O3/c1-2-31-19-22-6-4-3-5-21(22)18-26-25(30)27-23-7-8-24-20(17-23)9-10-29(24)12-11-28-13-15-32-16-14-28/h3-10,17H,2,11-16,18-19H2,1H3,(H2,26,27,30). The van der Waals surface area contributed by atoms with Gasteiger partial charge in [-0.1, -0.05) is 24.3 Å². The van der Waals surface area contributed by atoms with Crippen LogP contribution in [-0.2, 0) is 29.2 Å². The fraction of sp³-hybridized carbons (Fsp3) is 0.400. The van der Waals surface area contributed by atoms with Crippen molar-refractivity contribution in [2.45, 2.75) is 26.6 Å². The molecule has 4 rings (SSSR count). The van der Waals surface area contributed by atoms with Crippen molar-refractivity contribution in [1.29, 1.82) is 0 Å². The summed E-state index contributed by atoms with van der Waals surface area (Å²) in [7, 11) is 0. The van der Waals surface area contributed by atoms with Crippen molar-refractivity contribution in [2.24, 2.45) is 0 Å². The molecule has 1 fully saturated rings. The van der Waals surface area contributed by atoms with E-state index in [1.54, 1.807) is 0 Å². The van der Waals surface area contributed by atoms with E-state index in [1.165, 1.54) is 5.52 Å². The molecule has 3 aromatic rings. The third kappa shape index (κ3) is 5.88. The number of fused-ring (bicyclic) bond motifs is 1. The van der Waals surface area contributed by atoms with E-state index in [1.807, 2.05) is 43.3 Å². The molecular formula is C25H32N4O3. The highest BCUT2D eigenvalue weighted by molar-refractivity contribution is 5.92. The molecule has 0 spiro atoms. The minimum Gasteiger partial charge on any atom is -0.379 e. The van der Waals surface area contributed by atoms with Gasteiger partial charge in [0.25, 0.3) is 0 Å². The van der Waals surface area contributed by atoms with Gasteiger partial charge in [-0.2, -0.15) is 0 Å². The van der Waals surface area contributed by atoms with E-state index in [0.717, 1.165) is 61.6 Å². The molecule has 1 aromatic heterocycles. The van der Waals surface area contributed by atoms with E-state index in [0.29, 0.717) is 19.8 Å². The van der Waals surface area contributed by atoms with Crippen LogP contribution in [0.2, 0.25) is 0 Å². The van der Waals surface area contributed by atoms with E-state index in [-0.39, 0.29) is 6.03 Å². The number of urea groups is 1. The number of benzene rings is 2. The zero-order chi connectivity index (χ0) is 22.2. The van der Waals surface area contributed by atoms with Gasteiger partial charge in [0.15, 0.2) is 0 Å². The van der Waals surface area contributed by atoms with Crippen molar-refractivity contribution < 1.29 is 14.3 Å². The van der Waals surface area contributed by atoms with Crippen LogP contribution in [0.15, 0.2) is 54.7 Å². The van der Waals surface area contributed by atoms with E-state index >= 15 is 0 Å². The van der Waals surface area contributed by atoms with Gasteiger partial charge < -0.3 is 24.7 Å². The van der Waals surface area contributed by atoms with Gasteiger partial charge in [-0.25, -0.2) is 4.79 Å². The SMILES string of the molecule is CCOCc1ccccc1CNC(=O)Nc1ccc2c(ccn2CCN2CCOCC2)c1. The predicted molar refractivity (Wildman–Crippen MR) is 127 cm³/mol. The van der Waals surface area contributed by atoms with Crippen LogP contribution in [0.4, 0.5) is 10.5 Å². The number of rotatable bonds is 9. The molecule has 7 heteroatoms. The summed E-state index contributed by atoms with van der Waals surface area (Å²) in [6.45, 7) is 9.24. The van der Waals surface area contributed by atoms with Crippen molar-refractivity contribution >= 4 is 22.6 Å². The Balaban J connectivity index is 1.32. The van der Waals surface area contributed by atoms with Gasteiger partial charge in [-0.15, -0.1) is 0 Å². The predicted octanol–water partition coefficient (Wildman–Crippen LogP) is 3.83. The Morgan fingerprint density at radius 2 is 1.88 bits per heavy atom. The molecule has 1 aliphatic heterocycles. The molecule has 0 saturated carbocycles. The minimum atomic E-state index is -0.220. The van der Waals surface area contributed by atoms with Crippen LogP contribution < -0.4 is 10.6 Å². The molecule has 2 heterocycles. The molecule has 0 aliphatic carbocycles. The number of aromatic nitrogens is 1. The summed E-state index contributed by atoms with van der Waals surface area (Å²) in [5.41, 5.74) is 4.11. The normalized spacial score (nSPS) is 14.5. The third-order valence-corrected chi connectivity index (χ3v) is 5.81. The van der Waals surface area contributed by atoms with E-state index in [4.69, 9.17) is 9.47 Å².